The van der Waals surface area contributed by atoms with Gasteiger partial charge < -0.3 is 10.2 Å². The van der Waals surface area contributed by atoms with Gasteiger partial charge in [0.25, 0.3) is 0 Å². The summed E-state index contributed by atoms with van der Waals surface area (Å²) in [6.45, 7) is 4.20. The number of benzene rings is 1. The maximum absolute atomic E-state index is 4.30. The SMILES string of the molecule is CC1CN(c2cnn(C)c2)C(c2ccccc2)CN1. The van der Waals surface area contributed by atoms with Crippen molar-refractivity contribution in [3.63, 3.8) is 0 Å². The first-order chi connectivity index (χ1) is 9.24. The number of aryl methyl sites for hydroxylation is 1. The van der Waals surface area contributed by atoms with E-state index in [1.807, 2.05) is 17.9 Å². The van der Waals surface area contributed by atoms with Gasteiger partial charge in [-0.1, -0.05) is 30.3 Å². The molecule has 2 atom stereocenters. The molecule has 0 amide bonds. The average Bonchev–Trinajstić information content (AvgIpc) is 2.86. The van der Waals surface area contributed by atoms with Crippen molar-refractivity contribution in [2.45, 2.75) is 19.0 Å². The largest absolute Gasteiger partial charge is 0.359 e. The lowest BCUT2D eigenvalue weighted by molar-refractivity contribution is 0.416. The van der Waals surface area contributed by atoms with Gasteiger partial charge in [0.2, 0.25) is 0 Å². The number of aromatic nitrogens is 2. The standard InChI is InChI=1S/C15H20N4/c1-12-10-19(14-8-17-18(2)11-14)15(9-16-12)13-6-4-3-5-7-13/h3-8,11-12,15-16H,9-10H2,1-2H3. The van der Waals surface area contributed by atoms with E-state index in [1.54, 1.807) is 0 Å². The van der Waals surface area contributed by atoms with E-state index in [1.165, 1.54) is 11.3 Å². The van der Waals surface area contributed by atoms with Crippen LogP contribution in [-0.4, -0.2) is 28.9 Å². The minimum absolute atomic E-state index is 0.376. The van der Waals surface area contributed by atoms with Crippen molar-refractivity contribution >= 4 is 5.69 Å². The van der Waals surface area contributed by atoms with E-state index < -0.39 is 0 Å². The van der Waals surface area contributed by atoms with Crippen LogP contribution in [0.1, 0.15) is 18.5 Å². The molecule has 1 aromatic carbocycles. The summed E-state index contributed by atoms with van der Waals surface area (Å²) in [5.74, 6) is 0. The second kappa shape index (κ2) is 5.05. The minimum Gasteiger partial charge on any atom is -0.359 e. The molecule has 1 saturated heterocycles. The van der Waals surface area contributed by atoms with E-state index in [0.29, 0.717) is 12.1 Å². The Labute approximate surface area is 114 Å². The molecule has 1 fully saturated rings. The van der Waals surface area contributed by atoms with Crippen LogP contribution in [0.3, 0.4) is 0 Å². The number of anilines is 1. The van der Waals surface area contributed by atoms with Gasteiger partial charge in [0, 0.05) is 32.4 Å². The van der Waals surface area contributed by atoms with Crippen LogP contribution in [0.25, 0.3) is 0 Å². The topological polar surface area (TPSA) is 33.1 Å². The third-order valence-electron chi connectivity index (χ3n) is 3.71. The normalized spacial score (nSPS) is 23.6. The zero-order chi connectivity index (χ0) is 13.2. The summed E-state index contributed by atoms with van der Waals surface area (Å²) >= 11 is 0. The maximum Gasteiger partial charge on any atom is 0.0758 e. The summed E-state index contributed by atoms with van der Waals surface area (Å²) in [5, 5.41) is 7.87. The molecule has 0 spiro atoms. The fourth-order valence-corrected chi connectivity index (χ4v) is 2.72. The first-order valence-corrected chi connectivity index (χ1v) is 6.77. The number of piperazine rings is 1. The molecule has 2 heterocycles. The Bertz CT molecular complexity index is 534. The number of rotatable bonds is 2. The lowest BCUT2D eigenvalue weighted by Gasteiger charge is -2.40. The van der Waals surface area contributed by atoms with Gasteiger partial charge in [-0.2, -0.15) is 5.10 Å². The summed E-state index contributed by atoms with van der Waals surface area (Å²) in [5.41, 5.74) is 2.55. The highest BCUT2D eigenvalue weighted by Crippen LogP contribution is 2.28. The zero-order valence-electron chi connectivity index (χ0n) is 11.5. The van der Waals surface area contributed by atoms with Crippen LogP contribution in [0.5, 0.6) is 0 Å². The number of nitrogens with zero attached hydrogens (tertiary/aromatic N) is 3. The Morgan fingerprint density at radius 2 is 2.05 bits per heavy atom. The van der Waals surface area contributed by atoms with E-state index in [-0.39, 0.29) is 0 Å². The molecule has 19 heavy (non-hydrogen) atoms. The highest BCUT2D eigenvalue weighted by Gasteiger charge is 2.27. The summed E-state index contributed by atoms with van der Waals surface area (Å²) < 4.78 is 1.87. The van der Waals surface area contributed by atoms with Gasteiger partial charge in [0.1, 0.15) is 0 Å². The van der Waals surface area contributed by atoms with Crippen molar-refractivity contribution in [2.75, 3.05) is 18.0 Å². The van der Waals surface area contributed by atoms with Gasteiger partial charge in [-0.3, -0.25) is 4.68 Å². The molecule has 3 rings (SSSR count). The highest BCUT2D eigenvalue weighted by molar-refractivity contribution is 5.47. The van der Waals surface area contributed by atoms with Gasteiger partial charge >= 0.3 is 0 Å². The van der Waals surface area contributed by atoms with Gasteiger partial charge in [-0.25, -0.2) is 0 Å². The van der Waals surface area contributed by atoms with E-state index in [2.05, 4.69) is 58.8 Å². The number of hydrogen-bond acceptors (Lipinski definition) is 3. The third kappa shape index (κ3) is 2.49. The van der Waals surface area contributed by atoms with E-state index in [9.17, 15) is 0 Å². The molecule has 1 aliphatic rings. The third-order valence-corrected chi connectivity index (χ3v) is 3.71. The molecular formula is C15H20N4. The molecule has 100 valence electrons. The lowest BCUT2D eigenvalue weighted by Crippen LogP contribution is -2.51. The van der Waals surface area contributed by atoms with Crippen molar-refractivity contribution in [3.05, 3.63) is 48.3 Å². The van der Waals surface area contributed by atoms with E-state index >= 15 is 0 Å². The molecule has 1 aromatic heterocycles. The molecule has 2 aromatic rings. The zero-order valence-corrected chi connectivity index (χ0v) is 11.5. The van der Waals surface area contributed by atoms with Crippen molar-refractivity contribution in [1.29, 1.82) is 0 Å². The summed E-state index contributed by atoms with van der Waals surface area (Å²) in [6, 6.07) is 11.6. The first kappa shape index (κ1) is 12.2. The Balaban J connectivity index is 1.92. The Morgan fingerprint density at radius 3 is 2.74 bits per heavy atom. The monoisotopic (exact) mass is 256 g/mol. The van der Waals surface area contributed by atoms with Crippen molar-refractivity contribution < 1.29 is 0 Å². The van der Waals surface area contributed by atoms with Gasteiger partial charge in [-0.15, -0.1) is 0 Å². The summed E-state index contributed by atoms with van der Waals surface area (Å²) in [6.07, 6.45) is 4.04. The Kier molecular flexibility index (Phi) is 3.25. The second-order valence-electron chi connectivity index (χ2n) is 5.26. The number of hydrogen-bond donors (Lipinski definition) is 1. The van der Waals surface area contributed by atoms with Crippen LogP contribution in [0.15, 0.2) is 42.7 Å². The molecule has 0 aliphatic carbocycles. The quantitative estimate of drug-likeness (QED) is 0.891. The van der Waals surface area contributed by atoms with Gasteiger partial charge in [-0.05, 0) is 12.5 Å². The Hall–Kier alpha value is -1.81. The second-order valence-corrected chi connectivity index (χ2v) is 5.26. The molecule has 1 N–H and O–H groups in total. The minimum atomic E-state index is 0.376. The van der Waals surface area contributed by atoms with Crippen LogP contribution >= 0.6 is 0 Å². The van der Waals surface area contributed by atoms with Crippen LogP contribution in [0, 0.1) is 0 Å². The maximum atomic E-state index is 4.30. The Morgan fingerprint density at radius 1 is 1.26 bits per heavy atom. The van der Waals surface area contributed by atoms with Crippen molar-refractivity contribution in [3.8, 4) is 0 Å². The summed E-state index contributed by atoms with van der Waals surface area (Å²) in [7, 11) is 1.96. The van der Waals surface area contributed by atoms with Crippen LogP contribution < -0.4 is 10.2 Å². The van der Waals surface area contributed by atoms with Gasteiger partial charge in [0.05, 0.1) is 17.9 Å². The molecule has 0 bridgehead atoms. The molecular weight excluding hydrogens is 236 g/mol. The molecule has 0 saturated carbocycles. The van der Waals surface area contributed by atoms with Crippen LogP contribution in [0.2, 0.25) is 0 Å². The van der Waals surface area contributed by atoms with E-state index in [4.69, 9.17) is 0 Å². The van der Waals surface area contributed by atoms with Gasteiger partial charge in [0.15, 0.2) is 0 Å². The molecule has 1 aliphatic heterocycles. The van der Waals surface area contributed by atoms with Crippen molar-refractivity contribution in [1.82, 2.24) is 15.1 Å². The molecule has 4 nitrogen and oxygen atoms in total. The fourth-order valence-electron chi connectivity index (χ4n) is 2.72. The fraction of sp³-hybridized carbons (Fsp3) is 0.400. The lowest BCUT2D eigenvalue weighted by atomic mass is 10.0. The molecule has 0 radical (unpaired) electrons. The highest BCUT2D eigenvalue weighted by atomic mass is 15.3. The molecule has 4 heteroatoms. The predicted molar refractivity (Wildman–Crippen MR) is 77.2 cm³/mol. The predicted octanol–water partition coefficient (Wildman–Crippen LogP) is 1.96. The van der Waals surface area contributed by atoms with Crippen molar-refractivity contribution in [2.24, 2.45) is 7.05 Å². The average molecular weight is 256 g/mol. The molecule has 2 unspecified atom stereocenters. The summed E-state index contributed by atoms with van der Waals surface area (Å²) in [4.78, 5) is 2.45. The van der Waals surface area contributed by atoms with E-state index in [0.717, 1.165) is 13.1 Å². The first-order valence-electron chi connectivity index (χ1n) is 6.77. The smallest absolute Gasteiger partial charge is 0.0758 e. The van der Waals surface area contributed by atoms with Crippen LogP contribution in [-0.2, 0) is 7.05 Å². The van der Waals surface area contributed by atoms with Crippen LogP contribution in [0.4, 0.5) is 5.69 Å². The number of nitrogens with one attached hydrogen (secondary N) is 1.